The number of fused-ring (bicyclic) bond motifs is 2. The number of benzene rings is 2. The minimum Gasteiger partial charge on any atom is -0.347 e. The van der Waals surface area contributed by atoms with Crippen LogP contribution in [0, 0.1) is 0 Å². The van der Waals surface area contributed by atoms with E-state index in [1.807, 2.05) is 42.5 Å². The summed E-state index contributed by atoms with van der Waals surface area (Å²) in [7, 11) is -3.99. The molecule has 4 aromatic rings. The summed E-state index contributed by atoms with van der Waals surface area (Å²) in [6.07, 6.45) is 2.94. The number of carbonyl (C=O) groups excluding carboxylic acids is 1. The second kappa shape index (κ2) is 12.7. The number of hydrogen-bond acceptors (Lipinski definition) is 9. The monoisotopic (exact) mass is 606 g/mol. The number of ether oxygens (including phenoxy) is 3. The molecule has 2 aromatic carbocycles. The Balaban J connectivity index is 1.24. The van der Waals surface area contributed by atoms with E-state index in [1.165, 1.54) is 12.7 Å². The van der Waals surface area contributed by atoms with Gasteiger partial charge in [-0.3, -0.25) is 14.4 Å². The fraction of sp³-hybridized carbons (Fsp3) is 0.310. The zero-order chi connectivity index (χ0) is 29.8. The van der Waals surface area contributed by atoms with Gasteiger partial charge in [-0.25, -0.2) is 19.7 Å². The molecule has 13 nitrogen and oxygen atoms in total. The van der Waals surface area contributed by atoms with E-state index in [-0.39, 0.29) is 18.6 Å². The third kappa shape index (κ3) is 6.67. The molecule has 2 aliphatic heterocycles. The van der Waals surface area contributed by atoms with E-state index in [0.29, 0.717) is 23.3 Å². The SMILES string of the molecule is CCNC(=O)Nc1ncnc2c1ncn2[C@@H]1O[C@H](COP(=O)(O)Cc2ccccc2)C2O[C@H](C=Cc3ccccc3)O[C@@H]21. The van der Waals surface area contributed by atoms with Gasteiger partial charge in [-0.1, -0.05) is 66.7 Å². The molecule has 224 valence electrons. The van der Waals surface area contributed by atoms with Gasteiger partial charge in [0.2, 0.25) is 0 Å². The molecule has 4 heterocycles. The van der Waals surface area contributed by atoms with Crippen molar-refractivity contribution in [2.24, 2.45) is 0 Å². The number of nitrogens with one attached hydrogen (secondary N) is 2. The maximum Gasteiger partial charge on any atom is 0.332 e. The fourth-order valence-electron chi connectivity index (χ4n) is 5.05. The van der Waals surface area contributed by atoms with Crippen LogP contribution in [0.3, 0.4) is 0 Å². The Morgan fingerprint density at radius 1 is 1.05 bits per heavy atom. The highest BCUT2D eigenvalue weighted by Crippen LogP contribution is 2.48. The quantitative estimate of drug-likeness (QED) is 0.225. The Labute approximate surface area is 247 Å². The lowest BCUT2D eigenvalue weighted by Gasteiger charge is -2.21. The number of carbonyl (C=O) groups is 1. The van der Waals surface area contributed by atoms with Crippen LogP contribution in [0.5, 0.6) is 0 Å². The molecule has 0 aliphatic carbocycles. The summed E-state index contributed by atoms with van der Waals surface area (Å²) in [5, 5.41) is 5.34. The summed E-state index contributed by atoms with van der Waals surface area (Å²) in [6, 6.07) is 18.3. The first kappa shape index (κ1) is 29.1. The molecule has 2 aromatic heterocycles. The van der Waals surface area contributed by atoms with Crippen LogP contribution in [0.25, 0.3) is 17.2 Å². The summed E-state index contributed by atoms with van der Waals surface area (Å²) in [6.45, 7) is 2.05. The van der Waals surface area contributed by atoms with Crippen molar-refractivity contribution in [1.82, 2.24) is 24.8 Å². The van der Waals surface area contributed by atoms with Crippen molar-refractivity contribution in [2.45, 2.75) is 43.9 Å². The molecule has 3 N–H and O–H groups in total. The van der Waals surface area contributed by atoms with Gasteiger partial charge >= 0.3 is 13.6 Å². The highest BCUT2D eigenvalue weighted by atomic mass is 31.2. The number of urea groups is 1. The van der Waals surface area contributed by atoms with Crippen LogP contribution >= 0.6 is 7.60 Å². The van der Waals surface area contributed by atoms with Crippen molar-refractivity contribution < 1.29 is 33.0 Å². The van der Waals surface area contributed by atoms with Gasteiger partial charge in [0.25, 0.3) is 0 Å². The van der Waals surface area contributed by atoms with Gasteiger partial charge in [-0.05, 0) is 24.1 Å². The van der Waals surface area contributed by atoms with Crippen molar-refractivity contribution in [2.75, 3.05) is 18.5 Å². The van der Waals surface area contributed by atoms with Crippen molar-refractivity contribution in [1.29, 1.82) is 0 Å². The predicted octanol–water partition coefficient (Wildman–Crippen LogP) is 4.09. The summed E-state index contributed by atoms with van der Waals surface area (Å²) in [5.74, 6) is 0.235. The Hall–Kier alpha value is -3.97. The zero-order valence-corrected chi connectivity index (χ0v) is 24.1. The normalized spacial score (nSPS) is 24.7. The lowest BCUT2D eigenvalue weighted by Crippen LogP contribution is -2.31. The first-order valence-electron chi connectivity index (χ1n) is 13.8. The van der Waals surface area contributed by atoms with Gasteiger partial charge in [0.05, 0.1) is 19.1 Å². The summed E-state index contributed by atoms with van der Waals surface area (Å²) >= 11 is 0. The molecule has 2 fully saturated rings. The van der Waals surface area contributed by atoms with Crippen LogP contribution in [0.4, 0.5) is 10.6 Å². The number of imidazole rings is 1. The maximum atomic E-state index is 12.9. The topological polar surface area (TPSA) is 159 Å². The van der Waals surface area contributed by atoms with Crippen LogP contribution in [0.15, 0.2) is 79.4 Å². The minimum atomic E-state index is -3.99. The summed E-state index contributed by atoms with van der Waals surface area (Å²) < 4.78 is 39.0. The Morgan fingerprint density at radius 3 is 2.56 bits per heavy atom. The van der Waals surface area contributed by atoms with Crippen molar-refractivity contribution in [3.8, 4) is 0 Å². The molecule has 0 saturated carbocycles. The number of anilines is 1. The average molecular weight is 607 g/mol. The lowest BCUT2D eigenvalue weighted by molar-refractivity contribution is -0.131. The largest absolute Gasteiger partial charge is 0.347 e. The Kier molecular flexibility index (Phi) is 8.61. The zero-order valence-electron chi connectivity index (χ0n) is 23.2. The van der Waals surface area contributed by atoms with Gasteiger partial charge in [-0.15, -0.1) is 0 Å². The third-order valence-corrected chi connectivity index (χ3v) is 8.30. The minimum absolute atomic E-state index is 0.137. The van der Waals surface area contributed by atoms with E-state index in [9.17, 15) is 14.3 Å². The van der Waals surface area contributed by atoms with Crippen molar-refractivity contribution in [3.05, 3.63) is 90.5 Å². The fourth-order valence-corrected chi connectivity index (χ4v) is 6.20. The van der Waals surface area contributed by atoms with Crippen LogP contribution in [-0.2, 0) is 29.5 Å². The second-order valence-electron chi connectivity index (χ2n) is 10.0. The molecule has 6 rings (SSSR count). The molecule has 43 heavy (non-hydrogen) atoms. The Bertz CT molecular complexity index is 1640. The number of rotatable bonds is 10. The molecule has 2 unspecified atom stereocenters. The highest BCUT2D eigenvalue weighted by Gasteiger charge is 2.53. The van der Waals surface area contributed by atoms with Crippen LogP contribution in [-0.4, -0.2) is 68.2 Å². The predicted molar refractivity (Wildman–Crippen MR) is 157 cm³/mol. The standard InChI is InChI=1S/C29H31N6O7P/c1-2-30-29(36)34-26-23-27(32-17-31-26)35(18-33-23)28-25-24(41-22(42-25)14-13-19-9-5-3-6-10-19)21(40-28)15-39-43(37,38)16-20-11-7-4-8-12-20/h3-14,17-18,21-22,24-25,28H,2,15-16H2,1H3,(H,37,38)(H2,30,31,32,34,36)/t21-,22+,24?,25+,28-/m1/s1. The first-order valence-corrected chi connectivity index (χ1v) is 15.6. The number of amides is 2. The van der Waals surface area contributed by atoms with Crippen molar-refractivity contribution >= 4 is 36.7 Å². The van der Waals surface area contributed by atoms with E-state index >= 15 is 0 Å². The lowest BCUT2D eigenvalue weighted by atomic mass is 10.1. The molecule has 0 radical (unpaired) electrons. The van der Waals surface area contributed by atoms with Gasteiger partial charge < -0.3 is 28.9 Å². The number of nitrogens with zero attached hydrogens (tertiary/aromatic N) is 4. The molecule has 2 saturated heterocycles. The molecule has 0 spiro atoms. The molecule has 2 aliphatic rings. The number of aromatic nitrogens is 4. The van der Waals surface area contributed by atoms with Crippen LogP contribution in [0.2, 0.25) is 0 Å². The van der Waals surface area contributed by atoms with Gasteiger partial charge in [0.15, 0.2) is 29.5 Å². The highest BCUT2D eigenvalue weighted by molar-refractivity contribution is 7.51. The van der Waals surface area contributed by atoms with Gasteiger partial charge in [-0.2, -0.15) is 0 Å². The summed E-state index contributed by atoms with van der Waals surface area (Å²) in [5.41, 5.74) is 2.42. The Morgan fingerprint density at radius 2 is 1.79 bits per heavy atom. The van der Waals surface area contributed by atoms with E-state index < -0.39 is 44.5 Å². The molecule has 6 atom stereocenters. The van der Waals surface area contributed by atoms with E-state index in [1.54, 1.807) is 41.8 Å². The van der Waals surface area contributed by atoms with Gasteiger partial charge in [0.1, 0.15) is 24.6 Å². The maximum absolute atomic E-state index is 12.9. The molecule has 2 amide bonds. The molecule has 0 bridgehead atoms. The molecular weight excluding hydrogens is 575 g/mol. The second-order valence-corrected chi connectivity index (χ2v) is 11.9. The smallest absolute Gasteiger partial charge is 0.332 e. The molecular formula is C29H31N6O7P. The van der Waals surface area contributed by atoms with Crippen LogP contribution < -0.4 is 10.6 Å². The summed E-state index contributed by atoms with van der Waals surface area (Å²) in [4.78, 5) is 35.7. The average Bonchev–Trinajstić information content (AvgIpc) is 3.70. The van der Waals surface area contributed by atoms with Gasteiger partial charge in [0, 0.05) is 6.54 Å². The van der Waals surface area contributed by atoms with E-state index in [4.69, 9.17) is 18.7 Å². The first-order chi connectivity index (χ1) is 20.9. The third-order valence-electron chi connectivity index (χ3n) is 6.98. The van der Waals surface area contributed by atoms with Crippen molar-refractivity contribution in [3.63, 3.8) is 0 Å². The number of hydrogen-bond donors (Lipinski definition) is 3. The van der Waals surface area contributed by atoms with E-state index in [0.717, 1.165) is 5.56 Å². The van der Waals surface area contributed by atoms with Crippen LogP contribution in [0.1, 0.15) is 24.3 Å². The van der Waals surface area contributed by atoms with E-state index in [2.05, 4.69) is 25.6 Å². The molecule has 14 heteroatoms.